The van der Waals surface area contributed by atoms with Gasteiger partial charge in [-0.05, 0) is 25.1 Å². The fourth-order valence-corrected chi connectivity index (χ4v) is 1.66. The third kappa shape index (κ3) is 2.46. The first-order valence-electron chi connectivity index (χ1n) is 5.00. The highest BCUT2D eigenvalue weighted by Gasteiger charge is 2.04. The zero-order chi connectivity index (χ0) is 11.5. The van der Waals surface area contributed by atoms with Gasteiger partial charge in [0.15, 0.2) is 0 Å². The van der Waals surface area contributed by atoms with E-state index in [4.69, 9.17) is 5.73 Å². The van der Waals surface area contributed by atoms with Crippen molar-refractivity contribution in [2.24, 2.45) is 5.73 Å². The van der Waals surface area contributed by atoms with E-state index >= 15 is 0 Å². The SMILES string of the molecule is CC(N)c1cc(-c2ccc(Br)cc2)ncn1. The topological polar surface area (TPSA) is 51.8 Å². The molecule has 0 amide bonds. The van der Waals surface area contributed by atoms with Crippen LogP contribution >= 0.6 is 15.9 Å². The van der Waals surface area contributed by atoms with Crippen molar-refractivity contribution >= 4 is 15.9 Å². The van der Waals surface area contributed by atoms with Crippen molar-refractivity contribution in [2.45, 2.75) is 13.0 Å². The van der Waals surface area contributed by atoms with Crippen molar-refractivity contribution in [1.82, 2.24) is 9.97 Å². The van der Waals surface area contributed by atoms with Crippen LogP contribution in [0.1, 0.15) is 18.7 Å². The van der Waals surface area contributed by atoms with Crippen molar-refractivity contribution in [3.05, 3.63) is 46.8 Å². The minimum absolute atomic E-state index is 0.0720. The smallest absolute Gasteiger partial charge is 0.116 e. The number of halogens is 1. The molecule has 3 nitrogen and oxygen atoms in total. The van der Waals surface area contributed by atoms with Gasteiger partial charge in [-0.1, -0.05) is 28.1 Å². The molecule has 1 unspecified atom stereocenters. The molecule has 0 spiro atoms. The minimum Gasteiger partial charge on any atom is -0.323 e. The van der Waals surface area contributed by atoms with E-state index in [0.717, 1.165) is 21.4 Å². The van der Waals surface area contributed by atoms with Crippen molar-refractivity contribution < 1.29 is 0 Å². The van der Waals surface area contributed by atoms with E-state index in [9.17, 15) is 0 Å². The quantitative estimate of drug-likeness (QED) is 0.918. The maximum absolute atomic E-state index is 5.79. The van der Waals surface area contributed by atoms with Crippen LogP contribution < -0.4 is 5.73 Å². The molecule has 0 bridgehead atoms. The molecule has 0 saturated heterocycles. The Bertz CT molecular complexity index is 480. The summed E-state index contributed by atoms with van der Waals surface area (Å²) in [5.74, 6) is 0. The zero-order valence-corrected chi connectivity index (χ0v) is 10.5. The van der Waals surface area contributed by atoms with Crippen LogP contribution in [0.15, 0.2) is 41.1 Å². The lowest BCUT2D eigenvalue weighted by molar-refractivity contribution is 0.775. The summed E-state index contributed by atoms with van der Waals surface area (Å²) in [7, 11) is 0. The summed E-state index contributed by atoms with van der Waals surface area (Å²) in [4.78, 5) is 8.38. The predicted molar refractivity (Wildman–Crippen MR) is 67.8 cm³/mol. The summed E-state index contributed by atoms with van der Waals surface area (Å²) in [5, 5.41) is 0. The first kappa shape index (κ1) is 11.2. The second kappa shape index (κ2) is 4.72. The van der Waals surface area contributed by atoms with Gasteiger partial charge in [-0.15, -0.1) is 0 Å². The summed E-state index contributed by atoms with van der Waals surface area (Å²) in [6, 6.07) is 9.85. The molecule has 1 heterocycles. The van der Waals surface area contributed by atoms with Crippen molar-refractivity contribution in [3.63, 3.8) is 0 Å². The summed E-state index contributed by atoms with van der Waals surface area (Å²) in [6.45, 7) is 1.91. The molecule has 2 N–H and O–H groups in total. The third-order valence-corrected chi connectivity index (χ3v) is 2.82. The number of nitrogens with zero attached hydrogens (tertiary/aromatic N) is 2. The van der Waals surface area contributed by atoms with E-state index in [-0.39, 0.29) is 6.04 Å². The van der Waals surface area contributed by atoms with Gasteiger partial charge in [-0.2, -0.15) is 0 Å². The molecule has 0 saturated carbocycles. The zero-order valence-electron chi connectivity index (χ0n) is 8.89. The summed E-state index contributed by atoms with van der Waals surface area (Å²) in [5.41, 5.74) is 8.60. The average molecular weight is 278 g/mol. The predicted octanol–water partition coefficient (Wildman–Crippen LogP) is 2.93. The summed E-state index contributed by atoms with van der Waals surface area (Å²) < 4.78 is 1.05. The molecule has 0 radical (unpaired) electrons. The molecular weight excluding hydrogens is 266 g/mol. The Kier molecular flexibility index (Phi) is 3.31. The van der Waals surface area contributed by atoms with Crippen LogP contribution in [-0.4, -0.2) is 9.97 Å². The molecule has 2 rings (SSSR count). The van der Waals surface area contributed by atoms with Crippen LogP contribution in [-0.2, 0) is 0 Å². The van der Waals surface area contributed by atoms with Gasteiger partial charge in [-0.25, -0.2) is 9.97 Å². The molecule has 1 atom stereocenters. The second-order valence-electron chi connectivity index (χ2n) is 3.62. The molecule has 1 aromatic carbocycles. The third-order valence-electron chi connectivity index (χ3n) is 2.29. The summed E-state index contributed by atoms with van der Waals surface area (Å²) in [6.07, 6.45) is 1.55. The van der Waals surface area contributed by atoms with Crippen molar-refractivity contribution in [2.75, 3.05) is 0 Å². The van der Waals surface area contributed by atoms with Crippen molar-refractivity contribution in [1.29, 1.82) is 0 Å². The maximum atomic E-state index is 5.79. The van der Waals surface area contributed by atoms with Crippen LogP contribution in [0.2, 0.25) is 0 Å². The van der Waals surface area contributed by atoms with E-state index < -0.39 is 0 Å². The Balaban J connectivity index is 2.40. The first-order valence-corrected chi connectivity index (χ1v) is 5.79. The standard InChI is InChI=1S/C12H12BrN3/c1-8(14)11-6-12(16-7-15-11)9-2-4-10(13)5-3-9/h2-8H,14H2,1H3. The Labute approximate surface area is 103 Å². The van der Waals surface area contributed by atoms with Gasteiger partial charge in [0.25, 0.3) is 0 Å². The van der Waals surface area contributed by atoms with Gasteiger partial charge in [0.2, 0.25) is 0 Å². The van der Waals surface area contributed by atoms with Crippen LogP contribution in [0.3, 0.4) is 0 Å². The number of hydrogen-bond acceptors (Lipinski definition) is 3. The van der Waals surface area contributed by atoms with E-state index in [1.54, 1.807) is 6.33 Å². The van der Waals surface area contributed by atoms with E-state index in [2.05, 4.69) is 25.9 Å². The molecule has 0 fully saturated rings. The van der Waals surface area contributed by atoms with Crippen LogP contribution in [0.4, 0.5) is 0 Å². The molecule has 0 aliphatic carbocycles. The van der Waals surface area contributed by atoms with Gasteiger partial charge in [-0.3, -0.25) is 0 Å². The Hall–Kier alpha value is -1.26. The van der Waals surface area contributed by atoms with Crippen LogP contribution in [0, 0.1) is 0 Å². The van der Waals surface area contributed by atoms with Gasteiger partial charge in [0.1, 0.15) is 6.33 Å². The monoisotopic (exact) mass is 277 g/mol. The lowest BCUT2D eigenvalue weighted by Crippen LogP contribution is -2.07. The number of nitrogens with two attached hydrogens (primary N) is 1. The number of benzene rings is 1. The van der Waals surface area contributed by atoms with Crippen LogP contribution in [0.25, 0.3) is 11.3 Å². The lowest BCUT2D eigenvalue weighted by atomic mass is 10.1. The molecule has 1 aromatic heterocycles. The van der Waals surface area contributed by atoms with Crippen molar-refractivity contribution in [3.8, 4) is 11.3 Å². The first-order chi connectivity index (χ1) is 7.66. The highest BCUT2D eigenvalue weighted by atomic mass is 79.9. The fourth-order valence-electron chi connectivity index (χ4n) is 1.40. The Morgan fingerprint density at radius 2 is 1.88 bits per heavy atom. The van der Waals surface area contributed by atoms with Gasteiger partial charge in [0, 0.05) is 16.1 Å². The van der Waals surface area contributed by atoms with Crippen LogP contribution in [0.5, 0.6) is 0 Å². The normalized spacial score (nSPS) is 12.4. The fraction of sp³-hybridized carbons (Fsp3) is 0.167. The van der Waals surface area contributed by atoms with E-state index in [1.807, 2.05) is 37.3 Å². The lowest BCUT2D eigenvalue weighted by Gasteiger charge is -2.06. The minimum atomic E-state index is -0.0720. The van der Waals surface area contributed by atoms with E-state index in [0.29, 0.717) is 0 Å². The molecule has 2 aromatic rings. The molecular formula is C12H12BrN3. The number of aromatic nitrogens is 2. The number of hydrogen-bond donors (Lipinski definition) is 1. The number of rotatable bonds is 2. The highest BCUT2D eigenvalue weighted by molar-refractivity contribution is 9.10. The molecule has 0 aliphatic heterocycles. The summed E-state index contributed by atoms with van der Waals surface area (Å²) >= 11 is 3.40. The van der Waals surface area contributed by atoms with Gasteiger partial charge >= 0.3 is 0 Å². The largest absolute Gasteiger partial charge is 0.323 e. The molecule has 4 heteroatoms. The highest BCUT2D eigenvalue weighted by Crippen LogP contribution is 2.20. The Morgan fingerprint density at radius 1 is 1.19 bits per heavy atom. The second-order valence-corrected chi connectivity index (χ2v) is 4.54. The molecule has 82 valence electrons. The van der Waals surface area contributed by atoms with E-state index in [1.165, 1.54) is 0 Å². The van der Waals surface area contributed by atoms with Gasteiger partial charge < -0.3 is 5.73 Å². The maximum Gasteiger partial charge on any atom is 0.116 e. The Morgan fingerprint density at radius 3 is 2.50 bits per heavy atom. The molecule has 16 heavy (non-hydrogen) atoms. The average Bonchev–Trinajstić information content (AvgIpc) is 2.30. The van der Waals surface area contributed by atoms with Gasteiger partial charge in [0.05, 0.1) is 11.4 Å². The molecule has 0 aliphatic rings.